The molecule has 6 nitrogen and oxygen atoms in total. The molecular weight excluding hydrogens is 355 g/mol. The van der Waals surface area contributed by atoms with Gasteiger partial charge in [0.1, 0.15) is 22.1 Å². The van der Waals surface area contributed by atoms with E-state index in [-0.39, 0.29) is 11.7 Å². The highest BCUT2D eigenvalue weighted by Gasteiger charge is 2.41. The average molecular weight is 372 g/mol. The van der Waals surface area contributed by atoms with Crippen LogP contribution in [0, 0.1) is 12.7 Å². The number of aromatic nitrogens is 3. The average Bonchev–Trinajstić information content (AvgIpc) is 3.36. The molecule has 4 rings (SSSR count). The number of benzene rings is 1. The van der Waals surface area contributed by atoms with Crippen LogP contribution in [0.2, 0.25) is 0 Å². The summed E-state index contributed by atoms with van der Waals surface area (Å²) in [6, 6.07) is 6.05. The van der Waals surface area contributed by atoms with Gasteiger partial charge in [0.05, 0.1) is 0 Å². The standard InChI is InChI=1S/C18H17FN4O2S/c1-11-20-17(23-25-11)18(8-2-3-9-18)22-15(24)14-10-26-16(21-14)12-4-6-13(19)7-5-12/h4-7,10H,2-3,8-9H2,1H3,(H,22,24). The van der Waals surface area contributed by atoms with Gasteiger partial charge in [-0.15, -0.1) is 11.3 Å². The number of hydrogen-bond acceptors (Lipinski definition) is 6. The van der Waals surface area contributed by atoms with Gasteiger partial charge in [0.25, 0.3) is 5.91 Å². The molecule has 0 aliphatic heterocycles. The quantitative estimate of drug-likeness (QED) is 0.752. The summed E-state index contributed by atoms with van der Waals surface area (Å²) in [6.45, 7) is 1.73. The van der Waals surface area contributed by atoms with Gasteiger partial charge in [0, 0.05) is 17.9 Å². The van der Waals surface area contributed by atoms with Crippen LogP contribution in [0.1, 0.15) is 47.9 Å². The van der Waals surface area contributed by atoms with Crippen LogP contribution in [-0.2, 0) is 5.54 Å². The van der Waals surface area contributed by atoms with Gasteiger partial charge in [-0.25, -0.2) is 9.37 Å². The Hall–Kier alpha value is -2.61. The smallest absolute Gasteiger partial charge is 0.271 e. The molecule has 0 radical (unpaired) electrons. The van der Waals surface area contributed by atoms with Crippen molar-refractivity contribution in [2.45, 2.75) is 38.1 Å². The van der Waals surface area contributed by atoms with Crippen LogP contribution in [0.4, 0.5) is 4.39 Å². The fraction of sp³-hybridized carbons (Fsp3) is 0.333. The molecule has 2 aromatic heterocycles. The first-order valence-electron chi connectivity index (χ1n) is 8.40. The van der Waals surface area contributed by atoms with Crippen molar-refractivity contribution in [1.82, 2.24) is 20.4 Å². The SMILES string of the molecule is Cc1nc(C2(NC(=O)c3csc(-c4ccc(F)cc4)n3)CCCC2)no1. The number of nitrogens with one attached hydrogen (secondary N) is 1. The van der Waals surface area contributed by atoms with Crippen LogP contribution in [-0.4, -0.2) is 21.0 Å². The Labute approximate surface area is 153 Å². The molecule has 1 amide bonds. The van der Waals surface area contributed by atoms with Gasteiger partial charge < -0.3 is 9.84 Å². The molecule has 2 heterocycles. The van der Waals surface area contributed by atoms with Crippen molar-refractivity contribution >= 4 is 17.2 Å². The molecule has 0 bridgehead atoms. The molecular formula is C18H17FN4O2S. The number of hydrogen-bond donors (Lipinski definition) is 1. The predicted molar refractivity (Wildman–Crippen MR) is 94.2 cm³/mol. The van der Waals surface area contributed by atoms with Gasteiger partial charge in [-0.2, -0.15) is 4.98 Å². The molecule has 1 aromatic carbocycles. The normalized spacial score (nSPS) is 15.9. The Morgan fingerprint density at radius 3 is 2.62 bits per heavy atom. The molecule has 134 valence electrons. The van der Waals surface area contributed by atoms with Crippen molar-refractivity contribution in [3.05, 3.63) is 52.9 Å². The molecule has 1 fully saturated rings. The Balaban J connectivity index is 1.57. The van der Waals surface area contributed by atoms with E-state index in [1.165, 1.54) is 23.5 Å². The molecule has 0 spiro atoms. The fourth-order valence-electron chi connectivity index (χ4n) is 3.26. The number of amides is 1. The number of halogens is 1. The Morgan fingerprint density at radius 2 is 1.96 bits per heavy atom. The molecule has 1 aliphatic rings. The van der Waals surface area contributed by atoms with Gasteiger partial charge >= 0.3 is 0 Å². The van der Waals surface area contributed by atoms with E-state index in [4.69, 9.17) is 4.52 Å². The van der Waals surface area contributed by atoms with Gasteiger partial charge in [-0.05, 0) is 37.1 Å². The monoisotopic (exact) mass is 372 g/mol. The highest BCUT2D eigenvalue weighted by molar-refractivity contribution is 7.13. The second-order valence-corrected chi connectivity index (χ2v) is 7.28. The van der Waals surface area contributed by atoms with E-state index in [2.05, 4.69) is 20.4 Å². The summed E-state index contributed by atoms with van der Waals surface area (Å²) >= 11 is 1.35. The maximum atomic E-state index is 13.1. The minimum atomic E-state index is -0.603. The number of rotatable bonds is 4. The Morgan fingerprint density at radius 1 is 1.23 bits per heavy atom. The maximum absolute atomic E-state index is 13.1. The summed E-state index contributed by atoms with van der Waals surface area (Å²) in [7, 11) is 0. The number of carbonyl (C=O) groups is 1. The number of thiazole rings is 1. The van der Waals surface area contributed by atoms with Crippen LogP contribution in [0.25, 0.3) is 10.6 Å². The number of carbonyl (C=O) groups excluding carboxylic acids is 1. The third-order valence-electron chi connectivity index (χ3n) is 4.59. The van der Waals surface area contributed by atoms with Gasteiger partial charge in [-0.1, -0.05) is 18.0 Å². The van der Waals surface area contributed by atoms with E-state index in [9.17, 15) is 9.18 Å². The molecule has 0 saturated heterocycles. The van der Waals surface area contributed by atoms with Crippen molar-refractivity contribution in [3.8, 4) is 10.6 Å². The molecule has 3 aromatic rings. The van der Waals surface area contributed by atoms with Gasteiger partial charge in [-0.3, -0.25) is 4.79 Å². The van der Waals surface area contributed by atoms with Crippen molar-refractivity contribution in [2.75, 3.05) is 0 Å². The summed E-state index contributed by atoms with van der Waals surface area (Å²) in [5.74, 6) is 0.434. The molecule has 0 unspecified atom stereocenters. The van der Waals surface area contributed by atoms with Crippen LogP contribution in [0.3, 0.4) is 0 Å². The summed E-state index contributed by atoms with van der Waals surface area (Å²) in [4.78, 5) is 21.5. The first-order valence-corrected chi connectivity index (χ1v) is 9.28. The van der Waals surface area contributed by atoms with Crippen LogP contribution >= 0.6 is 11.3 Å². The molecule has 26 heavy (non-hydrogen) atoms. The molecule has 0 atom stereocenters. The van der Waals surface area contributed by atoms with Gasteiger partial charge in [0.2, 0.25) is 5.89 Å². The van der Waals surface area contributed by atoms with E-state index >= 15 is 0 Å². The van der Waals surface area contributed by atoms with E-state index in [0.717, 1.165) is 31.2 Å². The summed E-state index contributed by atoms with van der Waals surface area (Å²) in [6.07, 6.45) is 3.52. The molecule has 1 N–H and O–H groups in total. The van der Waals surface area contributed by atoms with Crippen LogP contribution < -0.4 is 5.32 Å². The summed E-state index contributed by atoms with van der Waals surface area (Å²) in [5, 5.41) is 9.47. The Kier molecular flexibility index (Phi) is 4.28. The highest BCUT2D eigenvalue weighted by Crippen LogP contribution is 2.37. The number of nitrogens with zero attached hydrogens (tertiary/aromatic N) is 3. The van der Waals surface area contributed by atoms with Crippen molar-refractivity contribution in [2.24, 2.45) is 0 Å². The zero-order valence-corrected chi connectivity index (χ0v) is 15.0. The lowest BCUT2D eigenvalue weighted by Gasteiger charge is -2.26. The van der Waals surface area contributed by atoms with E-state index in [1.807, 2.05) is 0 Å². The third-order valence-corrected chi connectivity index (χ3v) is 5.48. The minimum Gasteiger partial charge on any atom is -0.340 e. The topological polar surface area (TPSA) is 80.9 Å². The van der Waals surface area contributed by atoms with Crippen LogP contribution in [0.5, 0.6) is 0 Å². The molecule has 8 heteroatoms. The summed E-state index contributed by atoms with van der Waals surface area (Å²) in [5.41, 5.74) is 0.509. The van der Waals surface area contributed by atoms with E-state index in [0.29, 0.717) is 22.4 Å². The van der Waals surface area contributed by atoms with Crippen molar-refractivity contribution < 1.29 is 13.7 Å². The zero-order chi connectivity index (χ0) is 18.1. The minimum absolute atomic E-state index is 0.265. The molecule has 1 saturated carbocycles. The fourth-order valence-corrected chi connectivity index (χ4v) is 4.07. The lowest BCUT2D eigenvalue weighted by Crippen LogP contribution is -2.44. The van der Waals surface area contributed by atoms with E-state index < -0.39 is 5.54 Å². The second kappa shape index (κ2) is 6.60. The van der Waals surface area contributed by atoms with Crippen molar-refractivity contribution in [3.63, 3.8) is 0 Å². The van der Waals surface area contributed by atoms with Crippen LogP contribution in [0.15, 0.2) is 34.2 Å². The van der Waals surface area contributed by atoms with Crippen molar-refractivity contribution in [1.29, 1.82) is 0 Å². The number of aryl methyl sites for hydroxylation is 1. The first-order chi connectivity index (χ1) is 12.6. The lowest BCUT2D eigenvalue weighted by atomic mass is 9.96. The maximum Gasteiger partial charge on any atom is 0.271 e. The third kappa shape index (κ3) is 3.12. The predicted octanol–water partition coefficient (Wildman–Crippen LogP) is 3.84. The highest BCUT2D eigenvalue weighted by atomic mass is 32.1. The Bertz CT molecular complexity index is 929. The summed E-state index contributed by atoms with van der Waals surface area (Å²) < 4.78 is 18.2. The molecule has 1 aliphatic carbocycles. The van der Waals surface area contributed by atoms with Gasteiger partial charge in [0.15, 0.2) is 5.82 Å². The zero-order valence-electron chi connectivity index (χ0n) is 14.2. The largest absolute Gasteiger partial charge is 0.340 e. The van der Waals surface area contributed by atoms with E-state index in [1.54, 1.807) is 24.4 Å². The lowest BCUT2D eigenvalue weighted by molar-refractivity contribution is 0.0887. The first kappa shape index (κ1) is 16.8. The second-order valence-electron chi connectivity index (χ2n) is 6.43.